The molecule has 0 saturated heterocycles. The van der Waals surface area contributed by atoms with Crippen LogP contribution in [0, 0.1) is 35.5 Å². The van der Waals surface area contributed by atoms with Gasteiger partial charge in [0, 0.05) is 0 Å². The van der Waals surface area contributed by atoms with E-state index in [1.807, 2.05) is 0 Å². The molecule has 1 N–H and O–H groups in total. The molecule has 2 rings (SSSR count). The lowest BCUT2D eigenvalue weighted by molar-refractivity contribution is 0.0821. The molecule has 2 aliphatic rings. The normalized spacial score (nSPS) is 25.2. The highest BCUT2D eigenvalue weighted by molar-refractivity contribution is 4.78. The molecular formula is C27H52O. The number of aliphatic hydroxyl groups excluding tert-OH is 1. The summed E-state index contributed by atoms with van der Waals surface area (Å²) in [5.41, 5.74) is 0. The molecule has 0 spiro atoms. The van der Waals surface area contributed by atoms with Crippen LogP contribution in [0.1, 0.15) is 130 Å². The molecule has 0 aromatic carbocycles. The topological polar surface area (TPSA) is 20.2 Å². The summed E-state index contributed by atoms with van der Waals surface area (Å²) in [6.45, 7) is 9.69. The zero-order valence-electron chi connectivity index (χ0n) is 19.8. The lowest BCUT2D eigenvalue weighted by Gasteiger charge is -2.34. The second-order valence-corrected chi connectivity index (χ2v) is 11.0. The Bertz CT molecular complexity index is 380. The van der Waals surface area contributed by atoms with Crippen LogP contribution < -0.4 is 0 Å². The molecule has 0 amide bonds. The molecule has 4 unspecified atom stereocenters. The van der Waals surface area contributed by atoms with Crippen LogP contribution in [-0.2, 0) is 0 Å². The van der Waals surface area contributed by atoms with Crippen molar-refractivity contribution in [3.63, 3.8) is 0 Å². The van der Waals surface area contributed by atoms with E-state index in [0.29, 0.717) is 5.92 Å². The van der Waals surface area contributed by atoms with Crippen molar-refractivity contribution in [2.24, 2.45) is 35.5 Å². The zero-order valence-corrected chi connectivity index (χ0v) is 19.8. The molecule has 2 fully saturated rings. The molecule has 2 aliphatic carbocycles. The van der Waals surface area contributed by atoms with Gasteiger partial charge in [0.05, 0.1) is 6.10 Å². The second-order valence-electron chi connectivity index (χ2n) is 11.0. The maximum atomic E-state index is 10.8. The highest BCUT2D eigenvalue weighted by Crippen LogP contribution is 2.37. The first kappa shape index (κ1) is 24.2. The number of aliphatic hydroxyl groups is 1. The minimum atomic E-state index is -0.0758. The van der Waals surface area contributed by atoms with Crippen molar-refractivity contribution in [2.75, 3.05) is 0 Å². The van der Waals surface area contributed by atoms with Crippen molar-refractivity contribution in [3.05, 3.63) is 0 Å². The summed E-state index contributed by atoms with van der Waals surface area (Å²) >= 11 is 0. The van der Waals surface area contributed by atoms with Gasteiger partial charge in [0.2, 0.25) is 0 Å². The Kier molecular flexibility index (Phi) is 11.5. The van der Waals surface area contributed by atoms with Gasteiger partial charge in [-0.2, -0.15) is 0 Å². The van der Waals surface area contributed by atoms with E-state index in [4.69, 9.17) is 0 Å². The van der Waals surface area contributed by atoms with Crippen molar-refractivity contribution in [2.45, 2.75) is 137 Å². The van der Waals surface area contributed by atoms with Crippen molar-refractivity contribution < 1.29 is 5.11 Å². The summed E-state index contributed by atoms with van der Waals surface area (Å²) in [4.78, 5) is 0. The second kappa shape index (κ2) is 13.3. The molecule has 0 heterocycles. The van der Waals surface area contributed by atoms with E-state index in [1.165, 1.54) is 96.3 Å². The Labute approximate surface area is 177 Å². The van der Waals surface area contributed by atoms with Gasteiger partial charge < -0.3 is 5.11 Å². The van der Waals surface area contributed by atoms with E-state index in [2.05, 4.69) is 27.7 Å². The van der Waals surface area contributed by atoms with Gasteiger partial charge in [-0.05, 0) is 67.6 Å². The van der Waals surface area contributed by atoms with Gasteiger partial charge in [-0.25, -0.2) is 0 Å². The maximum Gasteiger partial charge on any atom is 0.0565 e. The molecule has 1 nitrogen and oxygen atoms in total. The van der Waals surface area contributed by atoms with Crippen LogP contribution >= 0.6 is 0 Å². The summed E-state index contributed by atoms with van der Waals surface area (Å²) in [5, 5.41) is 10.8. The summed E-state index contributed by atoms with van der Waals surface area (Å²) in [5.74, 6) is 4.89. The van der Waals surface area contributed by atoms with E-state index in [9.17, 15) is 5.11 Å². The van der Waals surface area contributed by atoms with Crippen LogP contribution in [0.4, 0.5) is 0 Å². The highest BCUT2D eigenvalue weighted by atomic mass is 16.3. The predicted octanol–water partition coefficient (Wildman–Crippen LogP) is 8.39. The van der Waals surface area contributed by atoms with E-state index in [-0.39, 0.29) is 6.10 Å². The van der Waals surface area contributed by atoms with Crippen LogP contribution in [-0.4, -0.2) is 11.2 Å². The Morgan fingerprint density at radius 3 is 1.82 bits per heavy atom. The molecule has 1 heteroatoms. The van der Waals surface area contributed by atoms with Gasteiger partial charge in [-0.15, -0.1) is 0 Å². The zero-order chi connectivity index (χ0) is 20.4. The Hall–Kier alpha value is -0.0400. The van der Waals surface area contributed by atoms with Gasteiger partial charge in [0.25, 0.3) is 0 Å². The quantitative estimate of drug-likeness (QED) is 0.353. The summed E-state index contributed by atoms with van der Waals surface area (Å²) in [6.07, 6.45) is 22.0. The largest absolute Gasteiger partial charge is 0.393 e. The average molecular weight is 393 g/mol. The molecular weight excluding hydrogens is 340 g/mol. The lowest BCUT2D eigenvalue weighted by atomic mass is 9.72. The molecule has 0 aliphatic heterocycles. The third-order valence-corrected chi connectivity index (χ3v) is 8.74. The van der Waals surface area contributed by atoms with Gasteiger partial charge >= 0.3 is 0 Å². The predicted molar refractivity (Wildman–Crippen MR) is 124 cm³/mol. The van der Waals surface area contributed by atoms with Crippen molar-refractivity contribution in [3.8, 4) is 0 Å². The smallest absolute Gasteiger partial charge is 0.0565 e. The van der Waals surface area contributed by atoms with Gasteiger partial charge in [-0.3, -0.25) is 0 Å². The molecule has 0 aromatic heterocycles. The summed E-state index contributed by atoms with van der Waals surface area (Å²) in [6, 6.07) is 0. The summed E-state index contributed by atoms with van der Waals surface area (Å²) < 4.78 is 0. The average Bonchev–Trinajstić information content (AvgIpc) is 2.73. The molecule has 166 valence electrons. The highest BCUT2D eigenvalue weighted by Gasteiger charge is 2.27. The van der Waals surface area contributed by atoms with E-state index < -0.39 is 0 Å². The van der Waals surface area contributed by atoms with Crippen LogP contribution in [0.15, 0.2) is 0 Å². The minimum Gasteiger partial charge on any atom is -0.393 e. The SMILES string of the molecule is CC[C@H](C)C(CCC(C)C(O)CCC1CCCCC1)C(C)CC1CCCCC1. The monoisotopic (exact) mass is 392 g/mol. The first-order valence-electron chi connectivity index (χ1n) is 13.2. The third kappa shape index (κ3) is 8.37. The summed E-state index contributed by atoms with van der Waals surface area (Å²) in [7, 11) is 0. The molecule has 5 atom stereocenters. The molecule has 0 bridgehead atoms. The number of hydrogen-bond acceptors (Lipinski definition) is 1. The van der Waals surface area contributed by atoms with E-state index in [0.717, 1.165) is 36.0 Å². The van der Waals surface area contributed by atoms with Gasteiger partial charge in [0.1, 0.15) is 0 Å². The Morgan fingerprint density at radius 1 is 0.679 bits per heavy atom. The number of rotatable bonds is 12. The Balaban J connectivity index is 1.75. The van der Waals surface area contributed by atoms with Crippen molar-refractivity contribution in [1.82, 2.24) is 0 Å². The van der Waals surface area contributed by atoms with Gasteiger partial charge in [-0.1, -0.05) is 98.3 Å². The number of hydrogen-bond donors (Lipinski definition) is 1. The van der Waals surface area contributed by atoms with Crippen LogP contribution in [0.5, 0.6) is 0 Å². The first-order valence-corrected chi connectivity index (χ1v) is 13.2. The molecule has 0 aromatic rings. The lowest BCUT2D eigenvalue weighted by Crippen LogP contribution is -2.25. The first-order chi connectivity index (χ1) is 13.5. The fraction of sp³-hybridized carbons (Fsp3) is 1.00. The van der Waals surface area contributed by atoms with E-state index >= 15 is 0 Å². The molecule has 28 heavy (non-hydrogen) atoms. The molecule has 2 saturated carbocycles. The molecule has 0 radical (unpaired) electrons. The van der Waals surface area contributed by atoms with Crippen LogP contribution in [0.2, 0.25) is 0 Å². The van der Waals surface area contributed by atoms with Crippen LogP contribution in [0.25, 0.3) is 0 Å². The van der Waals surface area contributed by atoms with Crippen molar-refractivity contribution in [1.29, 1.82) is 0 Å². The van der Waals surface area contributed by atoms with Crippen molar-refractivity contribution >= 4 is 0 Å². The third-order valence-electron chi connectivity index (χ3n) is 8.74. The standard InChI is InChI=1S/C27H52O/c1-5-21(2)26(23(4)20-25-14-10-7-11-15-25)18-16-22(3)27(28)19-17-24-12-8-6-9-13-24/h21-28H,5-20H2,1-4H3/t21-,22?,23?,26?,27?/m0/s1. The maximum absolute atomic E-state index is 10.8. The fourth-order valence-corrected chi connectivity index (χ4v) is 6.37. The van der Waals surface area contributed by atoms with E-state index in [1.54, 1.807) is 0 Å². The van der Waals surface area contributed by atoms with Crippen LogP contribution in [0.3, 0.4) is 0 Å². The minimum absolute atomic E-state index is 0.0758. The Morgan fingerprint density at radius 2 is 1.25 bits per heavy atom. The van der Waals surface area contributed by atoms with Gasteiger partial charge in [0.15, 0.2) is 0 Å². The fourth-order valence-electron chi connectivity index (χ4n) is 6.37.